The summed E-state index contributed by atoms with van der Waals surface area (Å²) in [7, 11) is 1.82. The number of carboxylic acid groups (broad SMARTS) is 1. The van der Waals surface area contributed by atoms with E-state index in [0.29, 0.717) is 13.0 Å². The number of carbonyl (C=O) groups is 2. The predicted octanol–water partition coefficient (Wildman–Crippen LogP) is 0.419. The van der Waals surface area contributed by atoms with E-state index in [-0.39, 0.29) is 12.3 Å². The first kappa shape index (κ1) is 13.4. The van der Waals surface area contributed by atoms with Gasteiger partial charge in [0.25, 0.3) is 0 Å². The maximum atomic E-state index is 11.9. The van der Waals surface area contributed by atoms with Gasteiger partial charge in [0.2, 0.25) is 5.91 Å². The molecule has 1 aromatic rings. The highest BCUT2D eigenvalue weighted by Crippen LogP contribution is 2.31. The van der Waals surface area contributed by atoms with Crippen molar-refractivity contribution in [2.24, 2.45) is 5.73 Å². The maximum absolute atomic E-state index is 11.9. The van der Waals surface area contributed by atoms with Gasteiger partial charge in [0.05, 0.1) is 6.42 Å². The minimum Gasteiger partial charge on any atom is -0.480 e. The second kappa shape index (κ2) is 5.27. The van der Waals surface area contributed by atoms with E-state index in [2.05, 4.69) is 5.32 Å². The fourth-order valence-corrected chi connectivity index (χ4v) is 2.18. The van der Waals surface area contributed by atoms with Crippen molar-refractivity contribution in [2.75, 3.05) is 23.8 Å². The van der Waals surface area contributed by atoms with Crippen molar-refractivity contribution in [3.8, 4) is 0 Å². The summed E-state index contributed by atoms with van der Waals surface area (Å²) < 4.78 is 0. The molecule has 1 aromatic carbocycles. The molecule has 0 radical (unpaired) electrons. The molecule has 1 aliphatic rings. The molecule has 4 N–H and O–H groups in total. The Morgan fingerprint density at radius 2 is 2.32 bits per heavy atom. The average molecular weight is 263 g/mol. The van der Waals surface area contributed by atoms with Crippen LogP contribution in [0, 0.1) is 0 Å². The number of carbonyl (C=O) groups excluding carboxylic acids is 1. The number of fused-ring (bicyclic) bond motifs is 1. The SMILES string of the molecule is CNc1ccc2c(c1)CC(=O)N2CCC(N)C(=O)O. The molecule has 1 amide bonds. The molecule has 0 spiro atoms. The van der Waals surface area contributed by atoms with Crippen LogP contribution in [-0.4, -0.2) is 36.6 Å². The van der Waals surface area contributed by atoms with Crippen LogP contribution < -0.4 is 16.0 Å². The van der Waals surface area contributed by atoms with Gasteiger partial charge < -0.3 is 21.1 Å². The van der Waals surface area contributed by atoms with Gasteiger partial charge in [-0.2, -0.15) is 0 Å². The number of hydrogen-bond donors (Lipinski definition) is 3. The average Bonchev–Trinajstić information content (AvgIpc) is 2.70. The van der Waals surface area contributed by atoms with Crippen LogP contribution in [0.15, 0.2) is 18.2 Å². The molecule has 0 saturated carbocycles. The first-order chi connectivity index (χ1) is 9.02. The van der Waals surface area contributed by atoms with E-state index in [1.165, 1.54) is 0 Å². The van der Waals surface area contributed by atoms with Gasteiger partial charge in [0, 0.05) is 25.0 Å². The number of nitrogens with two attached hydrogens (primary N) is 1. The molecule has 6 heteroatoms. The molecule has 0 aliphatic carbocycles. The molecule has 1 atom stereocenters. The zero-order valence-electron chi connectivity index (χ0n) is 10.7. The Kier molecular flexibility index (Phi) is 3.71. The zero-order valence-corrected chi connectivity index (χ0v) is 10.7. The first-order valence-corrected chi connectivity index (χ1v) is 6.12. The predicted molar refractivity (Wildman–Crippen MR) is 72.3 cm³/mol. The number of anilines is 2. The number of carboxylic acids is 1. The number of nitrogens with zero attached hydrogens (tertiary/aromatic N) is 1. The van der Waals surface area contributed by atoms with Crippen molar-refractivity contribution < 1.29 is 14.7 Å². The fraction of sp³-hybridized carbons (Fsp3) is 0.385. The third kappa shape index (κ3) is 2.68. The molecule has 0 saturated heterocycles. The van der Waals surface area contributed by atoms with Crippen molar-refractivity contribution in [2.45, 2.75) is 18.9 Å². The summed E-state index contributed by atoms with van der Waals surface area (Å²) in [6.07, 6.45) is 0.599. The number of aliphatic carboxylic acids is 1. The van der Waals surface area contributed by atoms with Gasteiger partial charge in [-0.05, 0) is 30.2 Å². The third-order valence-corrected chi connectivity index (χ3v) is 3.28. The van der Waals surface area contributed by atoms with Gasteiger partial charge in [0.1, 0.15) is 6.04 Å². The van der Waals surface area contributed by atoms with Crippen LogP contribution >= 0.6 is 0 Å². The van der Waals surface area contributed by atoms with Crippen LogP contribution in [0.4, 0.5) is 11.4 Å². The normalized spacial score (nSPS) is 15.3. The summed E-state index contributed by atoms with van der Waals surface area (Å²) in [6, 6.07) is 4.76. The monoisotopic (exact) mass is 263 g/mol. The van der Waals surface area contributed by atoms with Crippen LogP contribution in [0.25, 0.3) is 0 Å². The van der Waals surface area contributed by atoms with Crippen molar-refractivity contribution in [1.82, 2.24) is 0 Å². The summed E-state index contributed by atoms with van der Waals surface area (Å²) in [4.78, 5) is 24.2. The fourth-order valence-electron chi connectivity index (χ4n) is 2.18. The van der Waals surface area contributed by atoms with Crippen LogP contribution in [-0.2, 0) is 16.0 Å². The van der Waals surface area contributed by atoms with Crippen LogP contribution in [0.1, 0.15) is 12.0 Å². The number of nitrogens with one attached hydrogen (secondary N) is 1. The molecule has 0 fully saturated rings. The Hall–Kier alpha value is -2.08. The molecule has 0 bridgehead atoms. The summed E-state index contributed by atoms with van der Waals surface area (Å²) in [6.45, 7) is 0.332. The highest BCUT2D eigenvalue weighted by molar-refractivity contribution is 6.01. The van der Waals surface area contributed by atoms with Gasteiger partial charge in [-0.25, -0.2) is 0 Å². The Morgan fingerprint density at radius 3 is 2.95 bits per heavy atom. The van der Waals surface area contributed by atoms with Crippen molar-refractivity contribution >= 4 is 23.3 Å². The molecule has 102 valence electrons. The Bertz CT molecular complexity index is 516. The third-order valence-electron chi connectivity index (χ3n) is 3.28. The number of benzene rings is 1. The van der Waals surface area contributed by atoms with E-state index in [1.54, 1.807) is 4.90 Å². The topological polar surface area (TPSA) is 95.7 Å². The lowest BCUT2D eigenvalue weighted by Crippen LogP contribution is -2.36. The van der Waals surface area contributed by atoms with Crippen molar-refractivity contribution in [3.63, 3.8) is 0 Å². The molecule has 1 aliphatic heterocycles. The summed E-state index contributed by atoms with van der Waals surface area (Å²) in [5.41, 5.74) is 8.22. The largest absolute Gasteiger partial charge is 0.480 e. The van der Waals surface area contributed by atoms with E-state index < -0.39 is 12.0 Å². The summed E-state index contributed by atoms with van der Waals surface area (Å²) in [5.74, 6) is -1.06. The lowest BCUT2D eigenvalue weighted by Gasteiger charge is -2.18. The number of hydrogen-bond acceptors (Lipinski definition) is 4. The highest BCUT2D eigenvalue weighted by Gasteiger charge is 2.28. The molecule has 19 heavy (non-hydrogen) atoms. The molecule has 0 aromatic heterocycles. The zero-order chi connectivity index (χ0) is 14.0. The second-order valence-electron chi connectivity index (χ2n) is 4.55. The minimum absolute atomic E-state index is 0.0131. The molecular formula is C13H17N3O3. The van der Waals surface area contributed by atoms with Gasteiger partial charge in [-0.3, -0.25) is 9.59 Å². The molecule has 1 unspecified atom stereocenters. The Labute approximate surface area is 111 Å². The number of rotatable bonds is 5. The molecule has 2 rings (SSSR count). The van der Waals surface area contributed by atoms with Crippen molar-refractivity contribution in [3.05, 3.63) is 23.8 Å². The van der Waals surface area contributed by atoms with Crippen LogP contribution in [0.2, 0.25) is 0 Å². The van der Waals surface area contributed by atoms with E-state index in [4.69, 9.17) is 10.8 Å². The van der Waals surface area contributed by atoms with Gasteiger partial charge in [-0.15, -0.1) is 0 Å². The quantitative estimate of drug-likeness (QED) is 0.715. The van der Waals surface area contributed by atoms with E-state index in [0.717, 1.165) is 16.9 Å². The van der Waals surface area contributed by atoms with Gasteiger partial charge in [-0.1, -0.05) is 0 Å². The smallest absolute Gasteiger partial charge is 0.320 e. The molecular weight excluding hydrogens is 246 g/mol. The van der Waals surface area contributed by atoms with Gasteiger partial charge in [0.15, 0.2) is 0 Å². The van der Waals surface area contributed by atoms with E-state index in [9.17, 15) is 9.59 Å². The second-order valence-corrected chi connectivity index (χ2v) is 4.55. The molecule has 6 nitrogen and oxygen atoms in total. The maximum Gasteiger partial charge on any atom is 0.320 e. The van der Waals surface area contributed by atoms with Crippen molar-refractivity contribution in [1.29, 1.82) is 0 Å². The standard InChI is InChI=1S/C13H17N3O3/c1-15-9-2-3-11-8(6-9)7-12(17)16(11)5-4-10(14)13(18)19/h2-3,6,10,15H,4-5,7,14H2,1H3,(H,18,19). The van der Waals surface area contributed by atoms with Crippen LogP contribution in [0.5, 0.6) is 0 Å². The minimum atomic E-state index is -1.04. The summed E-state index contributed by atoms with van der Waals surface area (Å²) in [5, 5.41) is 11.8. The lowest BCUT2D eigenvalue weighted by molar-refractivity contribution is -0.138. The highest BCUT2D eigenvalue weighted by atomic mass is 16.4. The van der Waals surface area contributed by atoms with E-state index >= 15 is 0 Å². The van der Waals surface area contributed by atoms with E-state index in [1.807, 2.05) is 25.2 Å². The lowest BCUT2D eigenvalue weighted by atomic mass is 10.1. The molecule has 1 heterocycles. The van der Waals surface area contributed by atoms with Crippen LogP contribution in [0.3, 0.4) is 0 Å². The number of amides is 1. The summed E-state index contributed by atoms with van der Waals surface area (Å²) >= 11 is 0. The Morgan fingerprint density at radius 1 is 1.58 bits per heavy atom. The van der Waals surface area contributed by atoms with Gasteiger partial charge >= 0.3 is 5.97 Å². The first-order valence-electron chi connectivity index (χ1n) is 6.12. The Balaban J connectivity index is 2.12.